The highest BCUT2D eigenvalue weighted by Crippen LogP contribution is 2.29. The van der Waals surface area contributed by atoms with Gasteiger partial charge >= 0.3 is 18.1 Å². The molecule has 0 bridgehead atoms. The number of rotatable bonds is 8. The number of benzene rings is 3. The van der Waals surface area contributed by atoms with Gasteiger partial charge in [-0.25, -0.2) is 14.6 Å². The first kappa shape index (κ1) is 29.8. The van der Waals surface area contributed by atoms with Crippen molar-refractivity contribution in [1.29, 1.82) is 0 Å². The number of H-pyrrole nitrogens is 1. The molecule has 1 fully saturated rings. The van der Waals surface area contributed by atoms with E-state index in [0.29, 0.717) is 25.6 Å². The van der Waals surface area contributed by atoms with Gasteiger partial charge in [0.25, 0.3) is 0 Å². The number of piperidine rings is 1. The molecule has 1 saturated heterocycles. The number of carboxylic acid groups (broad SMARTS) is 1. The lowest BCUT2D eigenvalue weighted by molar-refractivity contribution is -0.192. The van der Waals surface area contributed by atoms with Crippen molar-refractivity contribution in [2.45, 2.75) is 37.6 Å². The maximum atomic E-state index is 11.9. The first-order valence-electron chi connectivity index (χ1n) is 13.1. The molecule has 2 heterocycles. The van der Waals surface area contributed by atoms with Gasteiger partial charge in [0.2, 0.25) is 5.82 Å². The molecule has 3 aromatic carbocycles. The van der Waals surface area contributed by atoms with Gasteiger partial charge < -0.3 is 24.9 Å². The van der Waals surface area contributed by atoms with E-state index in [4.69, 9.17) is 19.4 Å². The zero-order chi connectivity index (χ0) is 29.2. The maximum Gasteiger partial charge on any atom is 0.490 e. The number of carbonyl (C=O) groups excluding carboxylic acids is 1. The molecule has 2 unspecified atom stereocenters. The quantitative estimate of drug-likeness (QED) is 0.248. The number of carboxylic acids is 1. The molecule has 3 N–H and O–H groups in total. The van der Waals surface area contributed by atoms with E-state index in [2.05, 4.69) is 82.0 Å². The Morgan fingerprint density at radius 1 is 1.00 bits per heavy atom. The molecule has 0 amide bonds. The number of esters is 1. The van der Waals surface area contributed by atoms with E-state index in [1.54, 1.807) is 6.20 Å². The van der Waals surface area contributed by atoms with Crippen LogP contribution in [0.1, 0.15) is 39.6 Å². The summed E-state index contributed by atoms with van der Waals surface area (Å²) in [6, 6.07) is 23.6. The van der Waals surface area contributed by atoms with E-state index in [-0.39, 0.29) is 11.9 Å². The van der Waals surface area contributed by atoms with Crippen molar-refractivity contribution in [3.63, 3.8) is 0 Å². The summed E-state index contributed by atoms with van der Waals surface area (Å²) >= 11 is 0. The minimum Gasteiger partial charge on any atom is -0.475 e. The van der Waals surface area contributed by atoms with E-state index >= 15 is 0 Å². The molecule has 41 heavy (non-hydrogen) atoms. The third-order valence-electron chi connectivity index (χ3n) is 6.67. The van der Waals surface area contributed by atoms with Gasteiger partial charge in [0, 0.05) is 31.3 Å². The normalized spacial score (nSPS) is 17.0. The van der Waals surface area contributed by atoms with E-state index in [0.717, 1.165) is 25.1 Å². The van der Waals surface area contributed by atoms with Gasteiger partial charge in [-0.3, -0.25) is 0 Å². The van der Waals surface area contributed by atoms with Crippen LogP contribution in [0, 0.1) is 0 Å². The number of fused-ring (bicyclic) bond motifs is 1. The molecule has 0 saturated carbocycles. The van der Waals surface area contributed by atoms with Crippen molar-refractivity contribution < 1.29 is 37.3 Å². The second-order valence-corrected chi connectivity index (χ2v) is 9.50. The molecule has 0 radical (unpaired) electrons. The van der Waals surface area contributed by atoms with Gasteiger partial charge in [-0.05, 0) is 46.5 Å². The zero-order valence-corrected chi connectivity index (χ0v) is 22.1. The number of hydrogen-bond acceptors (Lipinski definition) is 6. The third-order valence-corrected chi connectivity index (χ3v) is 6.67. The predicted octanol–water partition coefficient (Wildman–Crippen LogP) is 5.26. The SMILES string of the molecule is O=C(O)C(F)(F)F.O=C(OCCc1ccc(C2CCNCC2OCc2ccc3ccccc3c2)cc1)c1ncc[nH]1. The fourth-order valence-corrected chi connectivity index (χ4v) is 4.56. The summed E-state index contributed by atoms with van der Waals surface area (Å²) in [6.45, 7) is 2.77. The Morgan fingerprint density at radius 3 is 2.39 bits per heavy atom. The number of halogens is 3. The van der Waals surface area contributed by atoms with Crippen LogP contribution in [0.15, 0.2) is 79.1 Å². The Kier molecular flexibility index (Phi) is 10.1. The number of aromatic nitrogens is 2. The summed E-state index contributed by atoms with van der Waals surface area (Å²) in [4.78, 5) is 27.5. The predicted molar refractivity (Wildman–Crippen MR) is 145 cm³/mol. The highest BCUT2D eigenvalue weighted by molar-refractivity contribution is 5.85. The van der Waals surface area contributed by atoms with Crippen LogP contribution < -0.4 is 5.32 Å². The van der Waals surface area contributed by atoms with Gasteiger partial charge in [0.1, 0.15) is 0 Å². The van der Waals surface area contributed by atoms with Gasteiger partial charge in [-0.15, -0.1) is 0 Å². The molecular formula is C30H30F3N3O5. The molecule has 0 aliphatic carbocycles. The van der Waals surface area contributed by atoms with Crippen LogP contribution in [0.25, 0.3) is 10.8 Å². The fraction of sp³-hybridized carbons (Fsp3) is 0.300. The van der Waals surface area contributed by atoms with E-state index < -0.39 is 18.1 Å². The van der Waals surface area contributed by atoms with Gasteiger partial charge in [0.15, 0.2) is 0 Å². The monoisotopic (exact) mass is 569 g/mol. The average molecular weight is 570 g/mol. The summed E-state index contributed by atoms with van der Waals surface area (Å²) in [6.07, 6.45) is -0.104. The minimum atomic E-state index is -5.08. The van der Waals surface area contributed by atoms with E-state index in [9.17, 15) is 18.0 Å². The molecule has 5 rings (SSSR count). The molecule has 216 valence electrons. The number of carbonyl (C=O) groups is 2. The molecule has 1 aliphatic heterocycles. The number of alkyl halides is 3. The standard InChI is InChI=1S/C28H29N3O3.C2HF3O2/c32-28(27-30-14-15-31-27)33-16-12-20-5-9-23(10-6-20)25-11-13-29-18-26(25)34-19-21-7-8-22-3-1-2-4-24(22)17-21;3-2(4,5)1(6)7/h1-10,14-15,17,25-26,29H,11-13,16,18-19H2,(H,30,31);(H,6,7). The molecule has 8 nitrogen and oxygen atoms in total. The Hall–Kier alpha value is -4.22. The number of aliphatic carboxylic acids is 1. The third kappa shape index (κ3) is 8.63. The van der Waals surface area contributed by atoms with Crippen molar-refractivity contribution in [2.75, 3.05) is 19.7 Å². The van der Waals surface area contributed by atoms with Crippen molar-refractivity contribution in [3.8, 4) is 0 Å². The smallest absolute Gasteiger partial charge is 0.475 e. The summed E-state index contributed by atoms with van der Waals surface area (Å²) in [7, 11) is 0. The molecule has 11 heteroatoms. The number of imidazole rings is 1. The van der Waals surface area contributed by atoms with Gasteiger partial charge in [0.05, 0.1) is 19.3 Å². The average Bonchev–Trinajstić information content (AvgIpc) is 3.52. The van der Waals surface area contributed by atoms with Crippen LogP contribution in [0.3, 0.4) is 0 Å². The van der Waals surface area contributed by atoms with E-state index in [1.165, 1.54) is 28.1 Å². The Bertz CT molecular complexity index is 1430. The summed E-state index contributed by atoms with van der Waals surface area (Å²) in [5, 5.41) is 13.1. The van der Waals surface area contributed by atoms with Crippen LogP contribution >= 0.6 is 0 Å². The van der Waals surface area contributed by atoms with Crippen LogP contribution in [0.5, 0.6) is 0 Å². The molecule has 2 atom stereocenters. The molecule has 1 aromatic heterocycles. The topological polar surface area (TPSA) is 114 Å². The second kappa shape index (κ2) is 13.9. The van der Waals surface area contributed by atoms with Gasteiger partial charge in [-0.1, -0.05) is 60.7 Å². The first-order chi connectivity index (χ1) is 19.7. The van der Waals surface area contributed by atoms with Crippen molar-refractivity contribution >= 4 is 22.7 Å². The lowest BCUT2D eigenvalue weighted by Crippen LogP contribution is -2.40. The number of hydrogen-bond donors (Lipinski definition) is 3. The summed E-state index contributed by atoms with van der Waals surface area (Å²) in [5.74, 6) is -2.60. The number of aromatic amines is 1. The molecule has 4 aromatic rings. The largest absolute Gasteiger partial charge is 0.490 e. The second-order valence-electron chi connectivity index (χ2n) is 9.50. The lowest BCUT2D eigenvalue weighted by Gasteiger charge is -2.32. The Balaban J connectivity index is 0.000000493. The number of nitrogens with one attached hydrogen (secondary N) is 2. The first-order valence-corrected chi connectivity index (χ1v) is 13.1. The number of nitrogens with zero attached hydrogens (tertiary/aromatic N) is 1. The van der Waals surface area contributed by atoms with Crippen LogP contribution in [-0.4, -0.2) is 59.0 Å². The zero-order valence-electron chi connectivity index (χ0n) is 22.1. The highest BCUT2D eigenvalue weighted by Gasteiger charge is 2.38. The van der Waals surface area contributed by atoms with Crippen LogP contribution in [0.2, 0.25) is 0 Å². The van der Waals surface area contributed by atoms with Crippen LogP contribution in [0.4, 0.5) is 13.2 Å². The maximum absolute atomic E-state index is 11.9. The van der Waals surface area contributed by atoms with E-state index in [1.807, 2.05) is 0 Å². The van der Waals surface area contributed by atoms with Crippen molar-refractivity contribution in [2.24, 2.45) is 0 Å². The number of ether oxygens (including phenoxy) is 2. The van der Waals surface area contributed by atoms with Gasteiger partial charge in [-0.2, -0.15) is 13.2 Å². The molecule has 0 spiro atoms. The highest BCUT2D eigenvalue weighted by atomic mass is 19.4. The van der Waals surface area contributed by atoms with Crippen LogP contribution in [-0.2, 0) is 27.3 Å². The lowest BCUT2D eigenvalue weighted by atomic mass is 9.87. The minimum absolute atomic E-state index is 0.125. The fourth-order valence-electron chi connectivity index (χ4n) is 4.56. The molecular weight excluding hydrogens is 539 g/mol. The van der Waals surface area contributed by atoms with Crippen molar-refractivity contribution in [1.82, 2.24) is 15.3 Å². The summed E-state index contributed by atoms with van der Waals surface area (Å²) < 4.78 is 43.4. The van der Waals surface area contributed by atoms with Crippen molar-refractivity contribution in [3.05, 3.63) is 102 Å². The summed E-state index contributed by atoms with van der Waals surface area (Å²) in [5.41, 5.74) is 3.63. The Labute approximate surface area is 234 Å². The molecule has 1 aliphatic rings. The Morgan fingerprint density at radius 2 is 1.71 bits per heavy atom.